The van der Waals surface area contributed by atoms with E-state index in [-0.39, 0.29) is 11.8 Å². The van der Waals surface area contributed by atoms with Crippen molar-refractivity contribution in [3.63, 3.8) is 0 Å². The van der Waals surface area contributed by atoms with Crippen molar-refractivity contribution in [3.05, 3.63) is 88.5 Å². The Kier molecular flexibility index (Phi) is 6.32. The fourth-order valence-corrected chi connectivity index (χ4v) is 6.21. The predicted molar refractivity (Wildman–Crippen MR) is 175 cm³/mol. The molecule has 9 heteroatoms. The number of carbonyl (C=O) groups excluding carboxylic acids is 1. The number of ether oxygens (including phenoxy) is 1. The van der Waals surface area contributed by atoms with Gasteiger partial charge in [-0.25, -0.2) is 14.6 Å². The number of nitrogens with one attached hydrogen (secondary N) is 1. The van der Waals surface area contributed by atoms with Gasteiger partial charge in [0, 0.05) is 55.5 Å². The molecule has 0 saturated heterocycles. The zero-order valence-corrected chi connectivity index (χ0v) is 25.9. The molecule has 0 unspecified atom stereocenters. The second-order valence-electron chi connectivity index (χ2n) is 12.7. The lowest BCUT2D eigenvalue weighted by Crippen LogP contribution is -2.39. The minimum absolute atomic E-state index is 0.0597. The van der Waals surface area contributed by atoms with Crippen LogP contribution in [0.3, 0.4) is 0 Å². The number of amides is 1. The maximum absolute atomic E-state index is 12.7. The molecule has 7 rings (SSSR count). The van der Waals surface area contributed by atoms with Crippen LogP contribution >= 0.6 is 0 Å². The lowest BCUT2D eigenvalue weighted by molar-refractivity contribution is 0.0270. The van der Waals surface area contributed by atoms with Gasteiger partial charge in [-0.1, -0.05) is 24.3 Å². The fourth-order valence-electron chi connectivity index (χ4n) is 6.21. The number of imidazole rings is 2. The molecule has 9 nitrogen and oxygen atoms in total. The highest BCUT2D eigenvalue weighted by Crippen LogP contribution is 2.36. The van der Waals surface area contributed by atoms with Gasteiger partial charge in [-0.2, -0.15) is 0 Å². The number of carbonyl (C=O) groups is 1. The van der Waals surface area contributed by atoms with Gasteiger partial charge in [0.2, 0.25) is 0 Å². The number of aromatic amines is 1. The topological polar surface area (TPSA) is 90.1 Å². The first-order valence-corrected chi connectivity index (χ1v) is 14.9. The van der Waals surface area contributed by atoms with Crippen molar-refractivity contribution in [2.75, 3.05) is 13.1 Å². The van der Waals surface area contributed by atoms with Crippen molar-refractivity contribution in [2.45, 2.75) is 39.7 Å². The molecule has 0 saturated carbocycles. The lowest BCUT2D eigenvalue weighted by atomic mass is 9.99. The Morgan fingerprint density at radius 3 is 2.48 bits per heavy atom. The molecule has 1 N–H and O–H groups in total. The van der Waals surface area contributed by atoms with E-state index in [0.717, 1.165) is 62.0 Å². The number of aromatic nitrogens is 5. The summed E-state index contributed by atoms with van der Waals surface area (Å²) in [5.74, 6) is 0.821. The number of nitrogens with zero attached hydrogens (tertiary/aromatic N) is 5. The molecule has 4 heterocycles. The van der Waals surface area contributed by atoms with Crippen LogP contribution in [0.1, 0.15) is 38.3 Å². The van der Waals surface area contributed by atoms with E-state index in [1.165, 1.54) is 11.1 Å². The van der Waals surface area contributed by atoms with Gasteiger partial charge >= 0.3 is 11.8 Å². The quantitative estimate of drug-likeness (QED) is 0.249. The smallest absolute Gasteiger partial charge is 0.410 e. The van der Waals surface area contributed by atoms with Crippen molar-refractivity contribution >= 4 is 44.6 Å². The van der Waals surface area contributed by atoms with Gasteiger partial charge < -0.3 is 14.6 Å². The zero-order valence-electron chi connectivity index (χ0n) is 25.9. The Labute approximate surface area is 255 Å². The molecule has 0 fully saturated rings. The van der Waals surface area contributed by atoms with Crippen LogP contribution in [0, 0.1) is 6.92 Å². The highest BCUT2D eigenvalue weighted by Gasteiger charge is 2.25. The highest BCUT2D eigenvalue weighted by molar-refractivity contribution is 5.97. The van der Waals surface area contributed by atoms with Crippen LogP contribution in [-0.4, -0.2) is 53.4 Å². The van der Waals surface area contributed by atoms with Crippen molar-refractivity contribution < 1.29 is 9.53 Å². The Bertz CT molecular complexity index is 2200. The first kappa shape index (κ1) is 27.8. The number of benzene rings is 3. The third-order valence-corrected chi connectivity index (χ3v) is 8.48. The average Bonchev–Trinajstić information content (AvgIpc) is 3.64. The molecule has 0 radical (unpaired) electrons. The highest BCUT2D eigenvalue weighted by atomic mass is 16.6. The monoisotopic (exact) mass is 588 g/mol. The Morgan fingerprint density at radius 2 is 1.73 bits per heavy atom. The van der Waals surface area contributed by atoms with Gasteiger partial charge in [0.1, 0.15) is 11.4 Å². The van der Waals surface area contributed by atoms with Crippen molar-refractivity contribution in [2.24, 2.45) is 14.1 Å². The van der Waals surface area contributed by atoms with Gasteiger partial charge in [0.15, 0.2) is 0 Å². The van der Waals surface area contributed by atoms with Crippen LogP contribution < -0.4 is 5.69 Å². The number of hydrogen-bond acceptors (Lipinski definition) is 4. The minimum atomic E-state index is -0.522. The van der Waals surface area contributed by atoms with Crippen LogP contribution in [-0.2, 0) is 18.8 Å². The van der Waals surface area contributed by atoms with E-state index < -0.39 is 5.60 Å². The van der Waals surface area contributed by atoms with E-state index in [1.54, 1.807) is 28.1 Å². The van der Waals surface area contributed by atoms with E-state index in [9.17, 15) is 9.59 Å². The molecule has 6 aromatic rings. The third-order valence-electron chi connectivity index (χ3n) is 8.48. The van der Waals surface area contributed by atoms with Crippen LogP contribution in [0.25, 0.3) is 55.6 Å². The molecular formula is C35H36N6O3. The second kappa shape index (κ2) is 10.0. The number of H-pyrrole nitrogens is 1. The van der Waals surface area contributed by atoms with Crippen LogP contribution in [0.2, 0.25) is 0 Å². The molecule has 3 aromatic heterocycles. The summed E-state index contributed by atoms with van der Waals surface area (Å²) in [4.78, 5) is 35.7. The molecule has 0 bridgehead atoms. The van der Waals surface area contributed by atoms with Gasteiger partial charge in [0.25, 0.3) is 0 Å². The van der Waals surface area contributed by atoms with E-state index in [2.05, 4.69) is 65.0 Å². The second-order valence-corrected chi connectivity index (χ2v) is 12.7. The normalized spacial score (nSPS) is 14.1. The summed E-state index contributed by atoms with van der Waals surface area (Å²) >= 11 is 0. The van der Waals surface area contributed by atoms with Crippen LogP contribution in [0.4, 0.5) is 4.79 Å². The molecule has 1 aliphatic heterocycles. The van der Waals surface area contributed by atoms with Gasteiger partial charge in [-0.05, 0) is 87.2 Å². The summed E-state index contributed by atoms with van der Waals surface area (Å²) in [5.41, 5.74) is 9.44. The van der Waals surface area contributed by atoms with Crippen molar-refractivity contribution in [1.29, 1.82) is 0 Å². The molecule has 0 atom stereocenters. The van der Waals surface area contributed by atoms with E-state index >= 15 is 0 Å². The van der Waals surface area contributed by atoms with Gasteiger partial charge in [-0.3, -0.25) is 13.7 Å². The standard InChI is InChI=1S/C35H36N6O3/c1-21-7-10-25-26(20-36-27(25)17-21)32-37-28-18-23(22-13-15-40(16-14-22)34(43)44-35(2,3)4)8-11-29(28)41(32)24-9-12-30-31(19-24)39(6)33(42)38(30)5/h7-13,17-20,36H,14-16H2,1-6H3. The molecule has 1 amide bonds. The van der Waals surface area contributed by atoms with E-state index in [1.807, 2.05) is 39.1 Å². The summed E-state index contributed by atoms with van der Waals surface area (Å²) < 4.78 is 11.1. The third kappa shape index (κ3) is 4.59. The summed E-state index contributed by atoms with van der Waals surface area (Å²) in [5, 5.41) is 1.10. The minimum Gasteiger partial charge on any atom is -0.444 e. The van der Waals surface area contributed by atoms with Gasteiger partial charge in [-0.15, -0.1) is 0 Å². The molecule has 0 aliphatic carbocycles. The molecule has 44 heavy (non-hydrogen) atoms. The molecular weight excluding hydrogens is 552 g/mol. The number of fused-ring (bicyclic) bond motifs is 3. The predicted octanol–water partition coefficient (Wildman–Crippen LogP) is 6.70. The van der Waals surface area contributed by atoms with Crippen LogP contribution in [0.15, 0.2) is 71.7 Å². The van der Waals surface area contributed by atoms with Gasteiger partial charge in [0.05, 0.1) is 22.1 Å². The largest absolute Gasteiger partial charge is 0.444 e. The maximum Gasteiger partial charge on any atom is 0.410 e. The van der Waals surface area contributed by atoms with Crippen molar-refractivity contribution in [3.8, 4) is 17.1 Å². The Hall–Kier alpha value is -5.05. The molecule has 3 aromatic carbocycles. The molecule has 1 aliphatic rings. The fraction of sp³-hybridized carbons (Fsp3) is 0.286. The van der Waals surface area contributed by atoms with E-state index in [0.29, 0.717) is 13.1 Å². The summed E-state index contributed by atoms with van der Waals surface area (Å²) in [7, 11) is 3.60. The molecule has 224 valence electrons. The maximum atomic E-state index is 12.7. The van der Waals surface area contributed by atoms with Crippen LogP contribution in [0.5, 0.6) is 0 Å². The lowest BCUT2D eigenvalue weighted by Gasteiger charge is -2.29. The number of hydrogen-bond donors (Lipinski definition) is 1. The summed E-state index contributed by atoms with van der Waals surface area (Å²) in [6, 6.07) is 18.9. The summed E-state index contributed by atoms with van der Waals surface area (Å²) in [6.45, 7) is 8.84. The number of rotatable bonds is 3. The van der Waals surface area contributed by atoms with E-state index in [4.69, 9.17) is 9.72 Å². The number of aryl methyl sites for hydroxylation is 3. The first-order chi connectivity index (χ1) is 21.0. The first-order valence-electron chi connectivity index (χ1n) is 14.9. The molecule has 0 spiro atoms. The SMILES string of the molecule is Cc1ccc2c(-c3nc4cc(C5=CCN(C(=O)OC(C)(C)C)CC5)ccc4n3-c3ccc4c(c3)n(C)c(=O)n4C)c[nH]c2c1. The average molecular weight is 589 g/mol. The van der Waals surface area contributed by atoms with Crippen molar-refractivity contribution in [1.82, 2.24) is 28.6 Å². The zero-order chi connectivity index (χ0) is 30.9. The Balaban J connectivity index is 1.35. The Morgan fingerprint density at radius 1 is 0.955 bits per heavy atom. The summed E-state index contributed by atoms with van der Waals surface area (Å²) in [6.07, 6.45) is 4.58.